The zero-order chi connectivity index (χ0) is 14.4. The maximum atomic E-state index is 5.97. The van der Waals surface area contributed by atoms with Crippen molar-refractivity contribution in [2.75, 3.05) is 38.9 Å². The number of benzene rings is 1. The molecule has 2 rings (SSSR count). The lowest BCUT2D eigenvalue weighted by Gasteiger charge is -2.08. The molecule has 0 saturated carbocycles. The van der Waals surface area contributed by atoms with Gasteiger partial charge in [-0.1, -0.05) is 0 Å². The van der Waals surface area contributed by atoms with E-state index in [1.807, 2.05) is 12.1 Å². The van der Waals surface area contributed by atoms with Gasteiger partial charge in [0.25, 0.3) is 0 Å². The van der Waals surface area contributed by atoms with Gasteiger partial charge in [-0.3, -0.25) is 0 Å². The fourth-order valence-electron chi connectivity index (χ4n) is 2.22. The number of rotatable bonds is 8. The molecule has 0 fully saturated rings. The molecule has 0 aliphatic heterocycles. The highest BCUT2D eigenvalue weighted by Crippen LogP contribution is 2.29. The van der Waals surface area contributed by atoms with E-state index in [1.165, 1.54) is 15.8 Å². The minimum atomic E-state index is 0.705. The third kappa shape index (κ3) is 3.69. The number of ether oxygens (including phenoxy) is 2. The molecule has 0 amide bonds. The Balaban J connectivity index is 1.99. The van der Waals surface area contributed by atoms with Crippen LogP contribution in [0.25, 0.3) is 10.9 Å². The first-order chi connectivity index (χ1) is 9.76. The predicted molar refractivity (Wildman–Crippen MR) is 85.4 cm³/mol. The number of anilines is 1. The minimum absolute atomic E-state index is 0.705. The van der Waals surface area contributed by atoms with Crippen LogP contribution in [0.2, 0.25) is 0 Å². The summed E-state index contributed by atoms with van der Waals surface area (Å²) in [7, 11) is 1.71. The molecule has 4 nitrogen and oxygen atoms in total. The van der Waals surface area contributed by atoms with Crippen LogP contribution in [-0.2, 0) is 16.0 Å². The Hall–Kier alpha value is -1.17. The summed E-state index contributed by atoms with van der Waals surface area (Å²) in [5.41, 5.74) is 7.95. The number of nitrogens with zero attached hydrogens (tertiary/aromatic N) is 1. The predicted octanol–water partition coefficient (Wildman–Crippen LogP) is 3.00. The van der Waals surface area contributed by atoms with Crippen molar-refractivity contribution < 1.29 is 9.47 Å². The Morgan fingerprint density at radius 2 is 2.10 bits per heavy atom. The monoisotopic (exact) mass is 294 g/mol. The molecule has 0 aliphatic carbocycles. The van der Waals surface area contributed by atoms with Crippen molar-refractivity contribution in [3.8, 4) is 0 Å². The second kappa shape index (κ2) is 7.57. The fourth-order valence-corrected chi connectivity index (χ4v) is 2.86. The minimum Gasteiger partial charge on any atom is -0.399 e. The number of hydrogen-bond donors (Lipinski definition) is 1. The van der Waals surface area contributed by atoms with Crippen molar-refractivity contribution in [3.63, 3.8) is 0 Å². The lowest BCUT2D eigenvalue weighted by Crippen LogP contribution is -2.07. The van der Waals surface area contributed by atoms with Gasteiger partial charge in [0.2, 0.25) is 0 Å². The van der Waals surface area contributed by atoms with Gasteiger partial charge in [-0.05, 0) is 30.9 Å². The molecular formula is C15H22N2O2S. The molecule has 0 radical (unpaired) electrons. The Kier molecular flexibility index (Phi) is 5.76. The van der Waals surface area contributed by atoms with Gasteiger partial charge in [-0.25, -0.2) is 0 Å². The van der Waals surface area contributed by atoms with Crippen molar-refractivity contribution in [1.29, 1.82) is 0 Å². The summed E-state index contributed by atoms with van der Waals surface area (Å²) in [6.07, 6.45) is 5.11. The van der Waals surface area contributed by atoms with E-state index in [9.17, 15) is 0 Å². The van der Waals surface area contributed by atoms with Crippen molar-refractivity contribution >= 4 is 28.4 Å². The first kappa shape index (κ1) is 15.2. The quantitative estimate of drug-likeness (QED) is 0.462. The van der Waals surface area contributed by atoms with E-state index in [4.69, 9.17) is 15.2 Å². The molecule has 1 aromatic heterocycles. The molecule has 5 heteroatoms. The van der Waals surface area contributed by atoms with Crippen molar-refractivity contribution in [2.45, 2.75) is 17.9 Å². The SMILES string of the molecule is COCCCOCCn1ccc2c(SC)cc(N)cc21. The van der Waals surface area contributed by atoms with Gasteiger partial charge in [0.15, 0.2) is 0 Å². The number of hydrogen-bond acceptors (Lipinski definition) is 4. The average Bonchev–Trinajstić information content (AvgIpc) is 2.85. The molecule has 2 aromatic rings. The first-order valence-electron chi connectivity index (χ1n) is 6.75. The van der Waals surface area contributed by atoms with E-state index in [0.717, 1.165) is 31.9 Å². The second-order valence-electron chi connectivity index (χ2n) is 4.62. The highest BCUT2D eigenvalue weighted by Gasteiger charge is 2.06. The van der Waals surface area contributed by atoms with Crippen molar-refractivity contribution in [1.82, 2.24) is 4.57 Å². The van der Waals surface area contributed by atoms with Crippen LogP contribution >= 0.6 is 11.8 Å². The molecule has 0 aliphatic rings. The van der Waals surface area contributed by atoms with E-state index in [1.54, 1.807) is 18.9 Å². The third-order valence-electron chi connectivity index (χ3n) is 3.21. The van der Waals surface area contributed by atoms with Gasteiger partial charge < -0.3 is 19.8 Å². The van der Waals surface area contributed by atoms with Gasteiger partial charge in [0.05, 0.1) is 12.1 Å². The molecule has 2 N–H and O–H groups in total. The lowest BCUT2D eigenvalue weighted by atomic mass is 10.2. The van der Waals surface area contributed by atoms with Crippen molar-refractivity contribution in [2.24, 2.45) is 0 Å². The van der Waals surface area contributed by atoms with Crippen LogP contribution in [0.1, 0.15) is 6.42 Å². The molecule has 0 bridgehead atoms. The van der Waals surface area contributed by atoms with E-state index in [-0.39, 0.29) is 0 Å². The molecule has 0 unspecified atom stereocenters. The maximum Gasteiger partial charge on any atom is 0.0645 e. The van der Waals surface area contributed by atoms with Gasteiger partial charge in [0.1, 0.15) is 0 Å². The zero-order valence-corrected chi connectivity index (χ0v) is 12.9. The number of thioether (sulfide) groups is 1. The molecule has 1 heterocycles. The average molecular weight is 294 g/mol. The number of fused-ring (bicyclic) bond motifs is 1. The summed E-state index contributed by atoms with van der Waals surface area (Å²) in [6.45, 7) is 3.04. The first-order valence-corrected chi connectivity index (χ1v) is 7.97. The molecule has 1 aromatic carbocycles. The van der Waals surface area contributed by atoms with E-state index < -0.39 is 0 Å². The molecule has 0 atom stereocenters. The standard InChI is InChI=1S/C15H22N2O2S/c1-18-7-3-8-19-9-6-17-5-4-13-14(17)10-12(16)11-15(13)20-2/h4-5,10-11H,3,6-9,16H2,1-2H3. The summed E-state index contributed by atoms with van der Waals surface area (Å²) in [4.78, 5) is 1.22. The van der Waals surface area contributed by atoms with Crippen LogP contribution < -0.4 is 5.73 Å². The summed E-state index contributed by atoms with van der Waals surface area (Å²) < 4.78 is 12.8. The summed E-state index contributed by atoms with van der Waals surface area (Å²) >= 11 is 1.72. The van der Waals surface area contributed by atoms with Gasteiger partial charge >= 0.3 is 0 Å². The van der Waals surface area contributed by atoms with E-state index in [2.05, 4.69) is 23.1 Å². The van der Waals surface area contributed by atoms with E-state index >= 15 is 0 Å². The fraction of sp³-hybridized carbons (Fsp3) is 0.467. The number of nitrogens with two attached hydrogens (primary N) is 1. The normalized spacial score (nSPS) is 11.3. The van der Waals surface area contributed by atoms with Gasteiger partial charge in [-0.2, -0.15) is 0 Å². The highest BCUT2D eigenvalue weighted by atomic mass is 32.2. The summed E-state index contributed by atoms with van der Waals surface area (Å²) in [5, 5.41) is 1.26. The summed E-state index contributed by atoms with van der Waals surface area (Å²) in [6, 6.07) is 6.20. The molecule has 0 saturated heterocycles. The van der Waals surface area contributed by atoms with Gasteiger partial charge in [-0.15, -0.1) is 11.8 Å². The number of nitrogen functional groups attached to an aromatic ring is 1. The van der Waals surface area contributed by atoms with Crippen LogP contribution in [0.5, 0.6) is 0 Å². The Labute approximate surface area is 124 Å². The molecule has 110 valence electrons. The van der Waals surface area contributed by atoms with Crippen LogP contribution in [0, 0.1) is 0 Å². The Morgan fingerprint density at radius 3 is 2.85 bits per heavy atom. The summed E-state index contributed by atoms with van der Waals surface area (Å²) in [5.74, 6) is 0. The highest BCUT2D eigenvalue weighted by molar-refractivity contribution is 7.98. The zero-order valence-electron chi connectivity index (χ0n) is 12.1. The number of methoxy groups -OCH3 is 1. The largest absolute Gasteiger partial charge is 0.399 e. The Bertz CT molecular complexity index is 554. The van der Waals surface area contributed by atoms with Gasteiger partial charge in [0, 0.05) is 49.0 Å². The van der Waals surface area contributed by atoms with Crippen molar-refractivity contribution in [3.05, 3.63) is 24.4 Å². The van der Waals surface area contributed by atoms with E-state index in [0.29, 0.717) is 6.61 Å². The van der Waals surface area contributed by atoms with Crippen LogP contribution in [0.4, 0.5) is 5.69 Å². The second-order valence-corrected chi connectivity index (χ2v) is 5.47. The molecule has 0 spiro atoms. The molecule has 20 heavy (non-hydrogen) atoms. The smallest absolute Gasteiger partial charge is 0.0645 e. The van der Waals surface area contributed by atoms with Crippen LogP contribution in [-0.4, -0.2) is 37.8 Å². The maximum absolute atomic E-state index is 5.97. The van der Waals surface area contributed by atoms with Crippen LogP contribution in [0.3, 0.4) is 0 Å². The third-order valence-corrected chi connectivity index (χ3v) is 3.98. The Morgan fingerprint density at radius 1 is 1.25 bits per heavy atom. The number of aromatic nitrogens is 1. The topological polar surface area (TPSA) is 49.4 Å². The lowest BCUT2D eigenvalue weighted by molar-refractivity contribution is 0.0982. The van der Waals surface area contributed by atoms with Crippen LogP contribution in [0.15, 0.2) is 29.3 Å². The molecular weight excluding hydrogens is 272 g/mol.